The van der Waals surface area contributed by atoms with E-state index < -0.39 is 5.41 Å². The molecule has 36 heavy (non-hydrogen) atoms. The second kappa shape index (κ2) is 12.6. The smallest absolute Gasteiger partial charge is 0.231 e. The van der Waals surface area contributed by atoms with Crippen LogP contribution in [0.2, 0.25) is 5.02 Å². The van der Waals surface area contributed by atoms with Gasteiger partial charge in [-0.2, -0.15) is 0 Å². The normalized spacial score (nSPS) is 20.0. The van der Waals surface area contributed by atoms with Gasteiger partial charge in [0.15, 0.2) is 0 Å². The lowest BCUT2D eigenvalue weighted by atomic mass is 9.88. The van der Waals surface area contributed by atoms with E-state index in [4.69, 9.17) is 11.6 Å². The van der Waals surface area contributed by atoms with Gasteiger partial charge in [-0.05, 0) is 92.4 Å². The van der Waals surface area contributed by atoms with Gasteiger partial charge in [-0.1, -0.05) is 72.1 Å². The van der Waals surface area contributed by atoms with Crippen molar-refractivity contribution in [1.29, 1.82) is 0 Å². The zero-order chi connectivity index (χ0) is 25.5. The zero-order valence-corrected chi connectivity index (χ0v) is 23.9. The summed E-state index contributed by atoms with van der Waals surface area (Å²) in [6, 6.07) is 14.8. The number of carbonyl (C=O) groups is 1. The van der Waals surface area contributed by atoms with Crippen molar-refractivity contribution < 1.29 is 4.79 Å². The van der Waals surface area contributed by atoms with Gasteiger partial charge in [0.25, 0.3) is 0 Å². The Bertz CT molecular complexity index is 1060. The summed E-state index contributed by atoms with van der Waals surface area (Å²) >= 11 is 9.88. The molecule has 0 bridgehead atoms. The Morgan fingerprint density at radius 3 is 2.64 bits per heavy atom. The molecule has 1 heterocycles. The van der Waals surface area contributed by atoms with Crippen molar-refractivity contribution in [3.8, 4) is 0 Å². The average Bonchev–Trinajstić information content (AvgIpc) is 3.68. The van der Waals surface area contributed by atoms with Crippen molar-refractivity contribution in [3.05, 3.63) is 80.4 Å². The van der Waals surface area contributed by atoms with Crippen molar-refractivity contribution >= 4 is 33.4 Å². The molecule has 0 radical (unpaired) electrons. The molecule has 1 saturated heterocycles. The summed E-state index contributed by atoms with van der Waals surface area (Å²) in [6.07, 6.45) is 9.95. The number of aryl methyl sites for hydroxylation is 1. The molecule has 6 heteroatoms. The molecule has 0 aromatic heterocycles. The lowest BCUT2D eigenvalue weighted by Crippen LogP contribution is -2.50. The molecule has 1 unspecified atom stereocenters. The van der Waals surface area contributed by atoms with Gasteiger partial charge < -0.3 is 16.0 Å². The van der Waals surface area contributed by atoms with E-state index in [1.165, 1.54) is 17.5 Å². The fourth-order valence-corrected chi connectivity index (χ4v) is 5.83. The number of piperidine rings is 1. The third-order valence-corrected chi connectivity index (χ3v) is 8.18. The Kier molecular flexibility index (Phi) is 9.54. The third-order valence-electron chi connectivity index (χ3n) is 7.41. The minimum absolute atomic E-state index is 0.111. The van der Waals surface area contributed by atoms with Crippen molar-refractivity contribution in [1.82, 2.24) is 16.0 Å². The maximum atomic E-state index is 14.0. The average molecular weight is 573 g/mol. The zero-order valence-electron chi connectivity index (χ0n) is 21.5. The van der Waals surface area contributed by atoms with Gasteiger partial charge in [0.1, 0.15) is 0 Å². The molecule has 4 rings (SSSR count). The van der Waals surface area contributed by atoms with Crippen molar-refractivity contribution in [3.63, 3.8) is 0 Å². The van der Waals surface area contributed by atoms with E-state index >= 15 is 0 Å². The number of amides is 1. The summed E-state index contributed by atoms with van der Waals surface area (Å²) in [5.74, 6) is 0.134. The van der Waals surface area contributed by atoms with E-state index in [0.29, 0.717) is 6.04 Å². The topological polar surface area (TPSA) is 53.2 Å². The predicted octanol–water partition coefficient (Wildman–Crippen LogP) is 6.45. The third kappa shape index (κ3) is 6.73. The first-order valence-corrected chi connectivity index (χ1v) is 14.6. The van der Waals surface area contributed by atoms with Gasteiger partial charge in [-0.3, -0.25) is 4.79 Å². The lowest BCUT2D eigenvalue weighted by Gasteiger charge is -2.31. The summed E-state index contributed by atoms with van der Waals surface area (Å²) in [5, 5.41) is 11.6. The number of carbonyl (C=O) groups excluding carboxylic acids is 1. The molecule has 194 valence electrons. The Morgan fingerprint density at radius 2 is 2.00 bits per heavy atom. The van der Waals surface area contributed by atoms with Gasteiger partial charge in [-0.15, -0.1) is 0 Å². The molecule has 2 fully saturated rings. The molecule has 1 saturated carbocycles. The summed E-state index contributed by atoms with van der Waals surface area (Å²) in [6.45, 7) is 6.36. The van der Waals surface area contributed by atoms with E-state index in [2.05, 4.69) is 82.1 Å². The van der Waals surface area contributed by atoms with Crippen LogP contribution in [-0.4, -0.2) is 31.1 Å². The van der Waals surface area contributed by atoms with E-state index in [1.54, 1.807) is 0 Å². The molecule has 2 atom stereocenters. The highest BCUT2D eigenvalue weighted by atomic mass is 79.9. The second-order valence-corrected chi connectivity index (χ2v) is 11.6. The van der Waals surface area contributed by atoms with Gasteiger partial charge >= 0.3 is 0 Å². The van der Waals surface area contributed by atoms with Gasteiger partial charge in [0, 0.05) is 27.8 Å². The highest BCUT2D eigenvalue weighted by Gasteiger charge is 2.52. The van der Waals surface area contributed by atoms with Crippen molar-refractivity contribution in [2.45, 2.75) is 82.7 Å². The molecular weight excluding hydrogens is 534 g/mol. The SMILES string of the molecule is CC/C=C(\NC1CCCNC1)[C@H](Cc1ccc(Br)cc1)NC(=O)C1(c2ccc(Cl)cc2CCC)CC1. The number of halogens is 2. The largest absolute Gasteiger partial charge is 0.383 e. The monoisotopic (exact) mass is 571 g/mol. The Hall–Kier alpha value is -1.82. The van der Waals surface area contributed by atoms with E-state index in [1.807, 2.05) is 12.1 Å². The van der Waals surface area contributed by atoms with Gasteiger partial charge in [0.05, 0.1) is 11.5 Å². The molecular formula is C30H39BrClN3O. The molecule has 2 aliphatic rings. The quantitative estimate of drug-likeness (QED) is 0.290. The molecule has 2 aromatic rings. The van der Waals surface area contributed by atoms with Crippen LogP contribution in [0.1, 0.15) is 69.1 Å². The number of hydrogen-bond acceptors (Lipinski definition) is 3. The fourth-order valence-electron chi connectivity index (χ4n) is 5.37. The first-order chi connectivity index (χ1) is 17.4. The Labute approximate surface area is 229 Å². The number of nitrogens with one attached hydrogen (secondary N) is 3. The Balaban J connectivity index is 1.61. The maximum absolute atomic E-state index is 14.0. The summed E-state index contributed by atoms with van der Waals surface area (Å²) in [4.78, 5) is 14.0. The summed E-state index contributed by atoms with van der Waals surface area (Å²) < 4.78 is 1.06. The number of allylic oxidation sites excluding steroid dienone is 1. The first-order valence-electron chi connectivity index (χ1n) is 13.5. The summed E-state index contributed by atoms with van der Waals surface area (Å²) in [5.41, 5.74) is 4.24. The van der Waals surface area contributed by atoms with Crippen LogP contribution in [0.3, 0.4) is 0 Å². The van der Waals surface area contributed by atoms with Crippen molar-refractivity contribution in [2.75, 3.05) is 13.1 Å². The van der Waals surface area contributed by atoms with Crippen LogP contribution < -0.4 is 16.0 Å². The highest BCUT2D eigenvalue weighted by molar-refractivity contribution is 9.10. The number of hydrogen-bond donors (Lipinski definition) is 3. The van der Waals surface area contributed by atoms with Crippen LogP contribution in [0.15, 0.2) is 58.7 Å². The molecule has 3 N–H and O–H groups in total. The fraction of sp³-hybridized carbons (Fsp3) is 0.500. The van der Waals surface area contributed by atoms with Crippen LogP contribution in [0.5, 0.6) is 0 Å². The van der Waals surface area contributed by atoms with E-state index in [9.17, 15) is 4.79 Å². The van der Waals surface area contributed by atoms with Gasteiger partial charge in [-0.25, -0.2) is 0 Å². The maximum Gasteiger partial charge on any atom is 0.231 e. The molecule has 2 aromatic carbocycles. The lowest BCUT2D eigenvalue weighted by molar-refractivity contribution is -0.124. The number of rotatable bonds is 11. The van der Waals surface area contributed by atoms with Crippen LogP contribution in [0.25, 0.3) is 0 Å². The van der Waals surface area contributed by atoms with Crippen LogP contribution in [0.4, 0.5) is 0 Å². The number of benzene rings is 2. The molecule has 1 aliphatic carbocycles. The van der Waals surface area contributed by atoms with Crippen LogP contribution in [-0.2, 0) is 23.1 Å². The minimum Gasteiger partial charge on any atom is -0.383 e. The predicted molar refractivity (Wildman–Crippen MR) is 154 cm³/mol. The van der Waals surface area contributed by atoms with Crippen molar-refractivity contribution in [2.24, 2.45) is 0 Å². The first kappa shape index (κ1) is 27.2. The van der Waals surface area contributed by atoms with E-state index in [0.717, 1.165) is 78.8 Å². The minimum atomic E-state index is -0.448. The summed E-state index contributed by atoms with van der Waals surface area (Å²) in [7, 11) is 0. The molecule has 1 amide bonds. The molecule has 1 aliphatic heterocycles. The molecule has 0 spiro atoms. The van der Waals surface area contributed by atoms with Gasteiger partial charge in [0.2, 0.25) is 5.91 Å². The van der Waals surface area contributed by atoms with E-state index in [-0.39, 0.29) is 11.9 Å². The molecule has 4 nitrogen and oxygen atoms in total. The highest BCUT2D eigenvalue weighted by Crippen LogP contribution is 2.50. The second-order valence-electron chi connectivity index (χ2n) is 10.2. The Morgan fingerprint density at radius 1 is 1.22 bits per heavy atom. The van der Waals surface area contributed by atoms with Crippen LogP contribution >= 0.6 is 27.5 Å². The van der Waals surface area contributed by atoms with Crippen LogP contribution in [0, 0.1) is 0 Å². The standard InChI is InChI=1S/C30H39BrClN3O/c1-3-6-22-19-24(32)13-14-26(22)30(15-16-30)29(36)35-28(18-21-9-11-23(31)12-10-21)27(7-4-2)34-25-8-5-17-33-20-25/h7,9-14,19,25,28,33-34H,3-6,8,15-18,20H2,1-2H3,(H,35,36)/b27-7-/t25?,28-/m0/s1.